The molecule has 4 N–H and O–H groups in total. The molecule has 2 amide bonds. The summed E-state index contributed by atoms with van der Waals surface area (Å²) in [5.41, 5.74) is 6.35. The minimum absolute atomic E-state index is 0.217. The lowest BCUT2D eigenvalue weighted by molar-refractivity contribution is -0.128. The Morgan fingerprint density at radius 3 is 2.16 bits per heavy atom. The second kappa shape index (κ2) is 6.89. The topological polar surface area (TPSA) is 84.2 Å². The Balaban J connectivity index is 2.52. The molecule has 0 bridgehead atoms. The lowest BCUT2D eigenvalue weighted by atomic mass is 10.0. The van der Waals surface area contributed by atoms with Crippen LogP contribution in [-0.4, -0.2) is 23.9 Å². The maximum Gasteiger partial charge on any atom is 0.246 e. The first-order chi connectivity index (χ1) is 8.91. The van der Waals surface area contributed by atoms with Gasteiger partial charge in [-0.1, -0.05) is 25.1 Å². The van der Waals surface area contributed by atoms with E-state index in [4.69, 9.17) is 5.73 Å². The van der Waals surface area contributed by atoms with Crippen molar-refractivity contribution in [3.05, 3.63) is 30.3 Å². The molecule has 0 saturated carbocycles. The normalized spacial score (nSPS) is 15.2. The second-order valence-corrected chi connectivity index (χ2v) is 4.73. The first-order valence-corrected chi connectivity index (χ1v) is 6.33. The summed E-state index contributed by atoms with van der Waals surface area (Å²) in [4.78, 5) is 23.7. The molecule has 0 spiro atoms. The van der Waals surface area contributed by atoms with Crippen LogP contribution in [0.2, 0.25) is 0 Å². The fourth-order valence-corrected chi connectivity index (χ4v) is 1.42. The summed E-state index contributed by atoms with van der Waals surface area (Å²) in [6, 6.07) is 8.26. The molecule has 0 heterocycles. The molecule has 0 aliphatic rings. The maximum absolute atomic E-state index is 11.9. The van der Waals surface area contributed by atoms with Gasteiger partial charge in [0.1, 0.15) is 6.04 Å². The van der Waals surface area contributed by atoms with Crippen LogP contribution in [0.25, 0.3) is 0 Å². The van der Waals surface area contributed by atoms with E-state index in [1.807, 2.05) is 18.2 Å². The van der Waals surface area contributed by atoms with Crippen LogP contribution in [-0.2, 0) is 9.59 Å². The van der Waals surface area contributed by atoms with E-state index >= 15 is 0 Å². The number of para-hydroxylation sites is 1. The van der Waals surface area contributed by atoms with Crippen molar-refractivity contribution < 1.29 is 9.59 Å². The van der Waals surface area contributed by atoms with Gasteiger partial charge in [-0.05, 0) is 26.0 Å². The zero-order valence-corrected chi connectivity index (χ0v) is 11.5. The van der Waals surface area contributed by atoms with E-state index in [1.54, 1.807) is 32.9 Å². The molecular weight excluding hydrogens is 242 g/mol. The molecule has 0 aliphatic carbocycles. The van der Waals surface area contributed by atoms with Gasteiger partial charge in [-0.2, -0.15) is 0 Å². The number of amides is 2. The van der Waals surface area contributed by atoms with Gasteiger partial charge in [-0.15, -0.1) is 0 Å². The summed E-state index contributed by atoms with van der Waals surface area (Å²) in [5.74, 6) is -0.797. The summed E-state index contributed by atoms with van der Waals surface area (Å²) in [5, 5.41) is 5.38. The standard InChI is InChI=1S/C14H21N3O2/c1-9(10(2)15)13(18)16-11(3)14(19)17-12-7-5-4-6-8-12/h4-11H,15H2,1-3H3,(H,16,18)(H,17,19). The van der Waals surface area contributed by atoms with Crippen molar-refractivity contribution in [2.75, 3.05) is 5.32 Å². The summed E-state index contributed by atoms with van der Waals surface area (Å²) < 4.78 is 0. The van der Waals surface area contributed by atoms with Crippen LogP contribution in [0.5, 0.6) is 0 Å². The smallest absolute Gasteiger partial charge is 0.246 e. The average Bonchev–Trinajstić information content (AvgIpc) is 2.38. The van der Waals surface area contributed by atoms with Crippen molar-refractivity contribution in [1.82, 2.24) is 5.32 Å². The Morgan fingerprint density at radius 1 is 1.05 bits per heavy atom. The third-order valence-corrected chi connectivity index (χ3v) is 3.00. The van der Waals surface area contributed by atoms with E-state index in [2.05, 4.69) is 10.6 Å². The summed E-state index contributed by atoms with van der Waals surface area (Å²) in [6.45, 7) is 5.14. The predicted octanol–water partition coefficient (Wildman–Crippen LogP) is 1.11. The highest BCUT2D eigenvalue weighted by molar-refractivity contribution is 5.97. The zero-order chi connectivity index (χ0) is 14.4. The number of anilines is 1. The predicted molar refractivity (Wildman–Crippen MR) is 75.5 cm³/mol. The molecule has 3 atom stereocenters. The van der Waals surface area contributed by atoms with Crippen molar-refractivity contribution in [3.8, 4) is 0 Å². The number of nitrogens with one attached hydrogen (secondary N) is 2. The largest absolute Gasteiger partial charge is 0.344 e. The van der Waals surface area contributed by atoms with Gasteiger partial charge < -0.3 is 16.4 Å². The fourth-order valence-electron chi connectivity index (χ4n) is 1.42. The number of nitrogens with two attached hydrogens (primary N) is 1. The molecule has 0 aliphatic heterocycles. The number of rotatable bonds is 5. The lowest BCUT2D eigenvalue weighted by Crippen LogP contribution is -2.46. The molecule has 5 nitrogen and oxygen atoms in total. The average molecular weight is 263 g/mol. The molecule has 1 aromatic rings. The van der Waals surface area contributed by atoms with Crippen molar-refractivity contribution in [2.24, 2.45) is 11.7 Å². The minimum atomic E-state index is -0.603. The van der Waals surface area contributed by atoms with E-state index in [-0.39, 0.29) is 23.8 Å². The quantitative estimate of drug-likeness (QED) is 0.744. The molecule has 19 heavy (non-hydrogen) atoms. The highest BCUT2D eigenvalue weighted by Crippen LogP contribution is 2.06. The number of hydrogen-bond acceptors (Lipinski definition) is 3. The Hall–Kier alpha value is -1.88. The van der Waals surface area contributed by atoms with Crippen LogP contribution in [0.1, 0.15) is 20.8 Å². The van der Waals surface area contributed by atoms with Gasteiger partial charge in [0, 0.05) is 17.6 Å². The Bertz CT molecular complexity index is 432. The van der Waals surface area contributed by atoms with E-state index in [0.29, 0.717) is 5.69 Å². The molecule has 0 radical (unpaired) electrons. The molecular formula is C14H21N3O2. The summed E-state index contributed by atoms with van der Waals surface area (Å²) in [6.07, 6.45) is 0. The summed E-state index contributed by atoms with van der Waals surface area (Å²) >= 11 is 0. The van der Waals surface area contributed by atoms with E-state index in [9.17, 15) is 9.59 Å². The first-order valence-electron chi connectivity index (χ1n) is 6.33. The van der Waals surface area contributed by atoms with Gasteiger partial charge >= 0.3 is 0 Å². The van der Waals surface area contributed by atoms with Gasteiger partial charge in [0.15, 0.2) is 0 Å². The van der Waals surface area contributed by atoms with E-state index in [0.717, 1.165) is 0 Å². The molecule has 5 heteroatoms. The highest BCUT2D eigenvalue weighted by Gasteiger charge is 2.21. The third kappa shape index (κ3) is 4.71. The van der Waals surface area contributed by atoms with E-state index < -0.39 is 6.04 Å². The molecule has 3 unspecified atom stereocenters. The second-order valence-electron chi connectivity index (χ2n) is 4.73. The molecule has 1 aromatic carbocycles. The number of benzene rings is 1. The fraction of sp³-hybridized carbons (Fsp3) is 0.429. The zero-order valence-electron chi connectivity index (χ0n) is 11.5. The van der Waals surface area contributed by atoms with Gasteiger partial charge in [-0.3, -0.25) is 9.59 Å². The Labute approximate surface area is 113 Å². The van der Waals surface area contributed by atoms with Crippen LogP contribution in [0.15, 0.2) is 30.3 Å². The molecule has 0 fully saturated rings. The minimum Gasteiger partial charge on any atom is -0.344 e. The number of carbonyl (C=O) groups is 2. The summed E-state index contributed by atoms with van der Waals surface area (Å²) in [7, 11) is 0. The van der Waals surface area contributed by atoms with E-state index in [1.165, 1.54) is 0 Å². The van der Waals surface area contributed by atoms with Gasteiger partial charge in [0.05, 0.1) is 0 Å². The Morgan fingerprint density at radius 2 is 1.63 bits per heavy atom. The lowest BCUT2D eigenvalue weighted by Gasteiger charge is -2.19. The van der Waals surface area contributed by atoms with Gasteiger partial charge in [0.2, 0.25) is 11.8 Å². The van der Waals surface area contributed by atoms with Crippen molar-refractivity contribution in [3.63, 3.8) is 0 Å². The van der Waals surface area contributed by atoms with Crippen LogP contribution < -0.4 is 16.4 Å². The maximum atomic E-state index is 11.9. The van der Waals surface area contributed by atoms with Crippen molar-refractivity contribution in [1.29, 1.82) is 0 Å². The number of carbonyl (C=O) groups excluding carboxylic acids is 2. The molecule has 104 valence electrons. The van der Waals surface area contributed by atoms with Crippen molar-refractivity contribution in [2.45, 2.75) is 32.9 Å². The molecule has 0 aromatic heterocycles. The van der Waals surface area contributed by atoms with Crippen molar-refractivity contribution >= 4 is 17.5 Å². The SMILES string of the molecule is CC(NC(=O)C(C)C(C)N)C(=O)Nc1ccccc1. The van der Waals surface area contributed by atoms with Gasteiger partial charge in [0.25, 0.3) is 0 Å². The monoisotopic (exact) mass is 263 g/mol. The molecule has 0 saturated heterocycles. The Kier molecular flexibility index (Phi) is 5.51. The van der Waals surface area contributed by atoms with Crippen LogP contribution in [0.3, 0.4) is 0 Å². The number of hydrogen-bond donors (Lipinski definition) is 3. The molecule has 1 rings (SSSR count). The van der Waals surface area contributed by atoms with Crippen LogP contribution in [0, 0.1) is 5.92 Å². The highest BCUT2D eigenvalue weighted by atomic mass is 16.2. The third-order valence-electron chi connectivity index (χ3n) is 3.00. The van der Waals surface area contributed by atoms with Crippen LogP contribution in [0.4, 0.5) is 5.69 Å². The van der Waals surface area contributed by atoms with Crippen LogP contribution >= 0.6 is 0 Å². The van der Waals surface area contributed by atoms with Gasteiger partial charge in [-0.25, -0.2) is 0 Å². The first kappa shape index (κ1) is 15.2.